The molecule has 0 aliphatic carbocycles. The van der Waals surface area contributed by atoms with Crippen LogP contribution >= 0.6 is 11.6 Å². The molecule has 1 amide bonds. The first kappa shape index (κ1) is 16.5. The molecule has 132 valence electrons. The van der Waals surface area contributed by atoms with Crippen molar-refractivity contribution in [2.75, 3.05) is 11.9 Å². The highest BCUT2D eigenvalue weighted by atomic mass is 35.5. The Bertz CT molecular complexity index is 924. The molecule has 3 aromatic rings. The predicted molar refractivity (Wildman–Crippen MR) is 97.8 cm³/mol. The number of amides is 1. The Morgan fingerprint density at radius 3 is 2.73 bits per heavy atom. The highest BCUT2D eigenvalue weighted by Crippen LogP contribution is 2.31. The predicted octanol–water partition coefficient (Wildman–Crippen LogP) is 3.36. The number of hydrogen-bond acceptors (Lipinski definition) is 4. The van der Waals surface area contributed by atoms with E-state index in [2.05, 4.69) is 10.4 Å². The fourth-order valence-corrected chi connectivity index (χ4v) is 2.81. The van der Waals surface area contributed by atoms with Crippen LogP contribution < -0.4 is 14.8 Å². The third kappa shape index (κ3) is 3.50. The number of halogens is 1. The molecular weight excluding hydrogens is 354 g/mol. The molecule has 1 aromatic heterocycles. The second kappa shape index (κ2) is 7.09. The van der Waals surface area contributed by atoms with Crippen molar-refractivity contribution in [2.45, 2.75) is 12.6 Å². The Morgan fingerprint density at radius 1 is 1.15 bits per heavy atom. The zero-order chi connectivity index (χ0) is 17.9. The van der Waals surface area contributed by atoms with Gasteiger partial charge in [0, 0.05) is 11.1 Å². The van der Waals surface area contributed by atoms with Gasteiger partial charge in [0.25, 0.3) is 5.91 Å². The maximum absolute atomic E-state index is 12.5. The van der Waals surface area contributed by atoms with E-state index in [9.17, 15) is 4.79 Å². The molecule has 0 radical (unpaired) electrons. The molecule has 6 nitrogen and oxygen atoms in total. The molecule has 0 spiro atoms. The maximum atomic E-state index is 12.5. The van der Waals surface area contributed by atoms with Gasteiger partial charge in [-0.25, -0.2) is 4.68 Å². The molecule has 1 N–H and O–H groups in total. The van der Waals surface area contributed by atoms with E-state index in [1.807, 2.05) is 42.5 Å². The number of carbonyl (C=O) groups excluding carboxylic acids is 1. The molecule has 1 atom stereocenters. The Labute approximate surface area is 155 Å². The number of benzene rings is 2. The van der Waals surface area contributed by atoms with E-state index in [0.717, 1.165) is 5.56 Å². The van der Waals surface area contributed by atoms with Crippen LogP contribution in [0.15, 0.2) is 60.8 Å². The number of nitrogens with zero attached hydrogens (tertiary/aromatic N) is 2. The van der Waals surface area contributed by atoms with Crippen LogP contribution in [0.25, 0.3) is 0 Å². The molecule has 26 heavy (non-hydrogen) atoms. The summed E-state index contributed by atoms with van der Waals surface area (Å²) in [6.07, 6.45) is 0.919. The minimum atomic E-state index is -0.719. The SMILES string of the molecule is O=C(Nc1ccnn1Cc1ccc(Cl)cc1)[C@@H]1COc2ccccc2O1. The molecular formula is C19H16ClN3O3. The average molecular weight is 370 g/mol. The average Bonchev–Trinajstić information content (AvgIpc) is 3.10. The lowest BCUT2D eigenvalue weighted by molar-refractivity contribution is -0.125. The van der Waals surface area contributed by atoms with Crippen molar-refractivity contribution >= 4 is 23.3 Å². The lowest BCUT2D eigenvalue weighted by Gasteiger charge is -2.25. The molecule has 1 aliphatic rings. The van der Waals surface area contributed by atoms with E-state index < -0.39 is 6.10 Å². The van der Waals surface area contributed by atoms with Crippen LogP contribution in [-0.4, -0.2) is 28.4 Å². The first-order chi connectivity index (χ1) is 12.7. The summed E-state index contributed by atoms with van der Waals surface area (Å²) in [6.45, 7) is 0.679. The zero-order valence-electron chi connectivity index (χ0n) is 13.8. The summed E-state index contributed by atoms with van der Waals surface area (Å²) in [7, 11) is 0. The summed E-state index contributed by atoms with van der Waals surface area (Å²) in [6, 6.07) is 16.5. The molecule has 0 saturated carbocycles. The number of hydrogen-bond donors (Lipinski definition) is 1. The molecule has 7 heteroatoms. The summed E-state index contributed by atoms with van der Waals surface area (Å²) in [5, 5.41) is 7.80. The third-order valence-corrected chi connectivity index (χ3v) is 4.27. The molecule has 2 heterocycles. The fraction of sp³-hybridized carbons (Fsp3) is 0.158. The van der Waals surface area contributed by atoms with Crippen molar-refractivity contribution < 1.29 is 14.3 Å². The van der Waals surface area contributed by atoms with Crippen molar-refractivity contribution in [1.29, 1.82) is 0 Å². The van der Waals surface area contributed by atoms with Gasteiger partial charge < -0.3 is 14.8 Å². The number of rotatable bonds is 4. The quantitative estimate of drug-likeness (QED) is 0.765. The van der Waals surface area contributed by atoms with Crippen LogP contribution in [0.5, 0.6) is 11.5 Å². The molecule has 4 rings (SSSR count). The largest absolute Gasteiger partial charge is 0.485 e. The van der Waals surface area contributed by atoms with Crippen molar-refractivity contribution in [3.05, 3.63) is 71.4 Å². The Hall–Kier alpha value is -2.99. The summed E-state index contributed by atoms with van der Waals surface area (Å²) in [4.78, 5) is 12.5. The monoisotopic (exact) mass is 369 g/mol. The summed E-state index contributed by atoms with van der Waals surface area (Å²) in [5.41, 5.74) is 1.03. The van der Waals surface area contributed by atoms with Crippen LogP contribution in [-0.2, 0) is 11.3 Å². The minimum absolute atomic E-state index is 0.161. The number of carbonyl (C=O) groups is 1. The van der Waals surface area contributed by atoms with Crippen molar-refractivity contribution in [3.8, 4) is 11.5 Å². The lowest BCUT2D eigenvalue weighted by atomic mass is 10.2. The third-order valence-electron chi connectivity index (χ3n) is 4.01. The number of nitrogens with one attached hydrogen (secondary N) is 1. The highest BCUT2D eigenvalue weighted by molar-refractivity contribution is 6.30. The normalized spacial score (nSPS) is 15.5. The van der Waals surface area contributed by atoms with Crippen LogP contribution in [0, 0.1) is 0 Å². The molecule has 0 saturated heterocycles. The van der Waals surface area contributed by atoms with E-state index >= 15 is 0 Å². The first-order valence-corrected chi connectivity index (χ1v) is 8.52. The zero-order valence-corrected chi connectivity index (χ0v) is 14.5. The fourth-order valence-electron chi connectivity index (χ4n) is 2.68. The van der Waals surface area contributed by atoms with Crippen LogP contribution in [0.3, 0.4) is 0 Å². The molecule has 2 aromatic carbocycles. The molecule has 0 unspecified atom stereocenters. The van der Waals surface area contributed by atoms with Gasteiger partial charge in [-0.3, -0.25) is 4.79 Å². The number of aromatic nitrogens is 2. The Kier molecular flexibility index (Phi) is 4.50. The molecule has 0 bridgehead atoms. The lowest BCUT2D eigenvalue weighted by Crippen LogP contribution is -2.40. The van der Waals surface area contributed by atoms with Crippen LogP contribution in [0.2, 0.25) is 5.02 Å². The molecule has 1 aliphatic heterocycles. The van der Waals surface area contributed by atoms with E-state index in [1.165, 1.54) is 0 Å². The Balaban J connectivity index is 1.44. The summed E-state index contributed by atoms with van der Waals surface area (Å²) < 4.78 is 13.0. The van der Waals surface area contributed by atoms with E-state index in [4.69, 9.17) is 21.1 Å². The Morgan fingerprint density at radius 2 is 1.92 bits per heavy atom. The second-order valence-electron chi connectivity index (χ2n) is 5.85. The standard InChI is InChI=1S/C19H16ClN3O3/c20-14-7-5-13(6-8-14)11-23-18(9-10-21-23)22-19(24)17-12-25-15-3-1-2-4-16(15)26-17/h1-10,17H,11-12H2,(H,22,24)/t17-/m0/s1. The van der Waals surface area contributed by atoms with E-state index in [1.54, 1.807) is 23.0 Å². The smallest absolute Gasteiger partial charge is 0.270 e. The van der Waals surface area contributed by atoms with Gasteiger partial charge in [-0.15, -0.1) is 0 Å². The number of anilines is 1. The summed E-state index contributed by atoms with van der Waals surface area (Å²) in [5.74, 6) is 1.52. The van der Waals surface area contributed by atoms with Gasteiger partial charge in [-0.2, -0.15) is 5.10 Å². The number of ether oxygens (including phenoxy) is 2. The topological polar surface area (TPSA) is 65.4 Å². The van der Waals surface area contributed by atoms with Gasteiger partial charge in [-0.05, 0) is 29.8 Å². The van der Waals surface area contributed by atoms with Crippen molar-refractivity contribution in [3.63, 3.8) is 0 Å². The van der Waals surface area contributed by atoms with Gasteiger partial charge in [0.05, 0.1) is 12.7 Å². The van der Waals surface area contributed by atoms with Gasteiger partial charge >= 0.3 is 0 Å². The second-order valence-corrected chi connectivity index (χ2v) is 6.29. The minimum Gasteiger partial charge on any atom is -0.485 e. The van der Waals surface area contributed by atoms with Gasteiger partial charge in [-0.1, -0.05) is 35.9 Å². The van der Waals surface area contributed by atoms with Gasteiger partial charge in [0.2, 0.25) is 6.10 Å². The van der Waals surface area contributed by atoms with Crippen LogP contribution in [0.1, 0.15) is 5.56 Å². The maximum Gasteiger partial charge on any atom is 0.270 e. The van der Waals surface area contributed by atoms with Gasteiger partial charge in [0.1, 0.15) is 12.4 Å². The van der Waals surface area contributed by atoms with Crippen molar-refractivity contribution in [1.82, 2.24) is 9.78 Å². The highest BCUT2D eigenvalue weighted by Gasteiger charge is 2.27. The summed E-state index contributed by atoms with van der Waals surface area (Å²) >= 11 is 5.91. The van der Waals surface area contributed by atoms with E-state index in [0.29, 0.717) is 28.9 Å². The van der Waals surface area contributed by atoms with Crippen LogP contribution in [0.4, 0.5) is 5.82 Å². The molecule has 0 fully saturated rings. The van der Waals surface area contributed by atoms with E-state index in [-0.39, 0.29) is 12.5 Å². The first-order valence-electron chi connectivity index (χ1n) is 8.14. The van der Waals surface area contributed by atoms with Crippen molar-refractivity contribution in [2.24, 2.45) is 0 Å². The number of para-hydroxylation sites is 2. The number of fused-ring (bicyclic) bond motifs is 1. The van der Waals surface area contributed by atoms with Gasteiger partial charge in [0.15, 0.2) is 11.5 Å².